The van der Waals surface area contributed by atoms with Gasteiger partial charge >= 0.3 is 0 Å². The highest BCUT2D eigenvalue weighted by Gasteiger charge is 2.18. The number of aromatic amines is 2. The fourth-order valence-corrected chi connectivity index (χ4v) is 5.25. The Morgan fingerprint density at radius 1 is 0.872 bits per heavy atom. The number of aromatic nitrogens is 6. The molecule has 192 valence electrons. The Morgan fingerprint density at radius 2 is 1.72 bits per heavy atom. The lowest BCUT2D eigenvalue weighted by Crippen LogP contribution is -2.30. The van der Waals surface area contributed by atoms with Crippen LogP contribution in [0.25, 0.3) is 44.5 Å². The quantitative estimate of drug-likeness (QED) is 0.268. The maximum Gasteiger partial charge on any atom is 0.255 e. The maximum absolute atomic E-state index is 12.6. The van der Waals surface area contributed by atoms with Crippen molar-refractivity contribution in [3.05, 3.63) is 84.9 Å². The zero-order chi connectivity index (χ0) is 26.2. The number of hydrogen-bond donors (Lipinski definition) is 3. The van der Waals surface area contributed by atoms with Crippen LogP contribution in [0, 0.1) is 0 Å². The molecule has 9 nitrogen and oxygen atoms in total. The van der Waals surface area contributed by atoms with E-state index in [-0.39, 0.29) is 5.91 Å². The number of piperidine rings is 1. The van der Waals surface area contributed by atoms with E-state index in [0.717, 1.165) is 57.7 Å². The summed E-state index contributed by atoms with van der Waals surface area (Å²) in [6.07, 6.45) is 10.7. The van der Waals surface area contributed by atoms with Crippen LogP contribution in [0.4, 0.5) is 11.5 Å². The molecule has 9 heteroatoms. The number of carbonyl (C=O) groups excluding carboxylic acids is 1. The molecule has 3 N–H and O–H groups in total. The van der Waals surface area contributed by atoms with Crippen LogP contribution in [-0.2, 0) is 0 Å². The van der Waals surface area contributed by atoms with E-state index in [1.54, 1.807) is 30.7 Å². The second kappa shape index (κ2) is 9.68. The Labute approximate surface area is 224 Å². The van der Waals surface area contributed by atoms with Gasteiger partial charge in [-0.05, 0) is 55.7 Å². The molecule has 0 spiro atoms. The summed E-state index contributed by atoms with van der Waals surface area (Å²) >= 11 is 0. The third-order valence-electron chi connectivity index (χ3n) is 7.23. The van der Waals surface area contributed by atoms with Gasteiger partial charge < -0.3 is 15.2 Å². The number of pyridine rings is 3. The number of nitrogens with one attached hydrogen (secondary N) is 3. The summed E-state index contributed by atoms with van der Waals surface area (Å²) in [6, 6.07) is 17.2. The van der Waals surface area contributed by atoms with Gasteiger partial charge in [0.25, 0.3) is 5.91 Å². The van der Waals surface area contributed by atoms with Crippen molar-refractivity contribution in [2.75, 3.05) is 23.3 Å². The Kier molecular flexibility index (Phi) is 5.73. The predicted molar refractivity (Wildman–Crippen MR) is 153 cm³/mol. The van der Waals surface area contributed by atoms with Crippen molar-refractivity contribution in [3.63, 3.8) is 0 Å². The Hall–Kier alpha value is -5.05. The van der Waals surface area contributed by atoms with E-state index < -0.39 is 0 Å². The molecule has 39 heavy (non-hydrogen) atoms. The molecule has 0 bridgehead atoms. The SMILES string of the molecule is O=C(Nc1cncc(-c2cnc3n[nH]c(-c4cc5c(N6CCCCC6)nccc5[nH]4)c3c2)c1)c1ccccc1. The number of nitrogens with zero attached hydrogens (tertiary/aromatic N) is 5. The van der Waals surface area contributed by atoms with Crippen molar-refractivity contribution in [1.82, 2.24) is 30.1 Å². The summed E-state index contributed by atoms with van der Waals surface area (Å²) in [5, 5.41) is 12.5. The summed E-state index contributed by atoms with van der Waals surface area (Å²) in [5.74, 6) is 0.843. The summed E-state index contributed by atoms with van der Waals surface area (Å²) in [6.45, 7) is 2.07. The van der Waals surface area contributed by atoms with Crippen LogP contribution in [0.15, 0.2) is 79.4 Å². The number of fused-ring (bicyclic) bond motifs is 2. The number of hydrogen-bond acceptors (Lipinski definition) is 6. The number of carbonyl (C=O) groups is 1. The third kappa shape index (κ3) is 4.37. The molecule has 1 fully saturated rings. The second-order valence-corrected chi connectivity index (χ2v) is 9.80. The van der Waals surface area contributed by atoms with Gasteiger partial charge in [0.1, 0.15) is 5.82 Å². The zero-order valence-electron chi connectivity index (χ0n) is 21.2. The monoisotopic (exact) mass is 514 g/mol. The van der Waals surface area contributed by atoms with E-state index >= 15 is 0 Å². The van der Waals surface area contributed by atoms with Crippen molar-refractivity contribution >= 4 is 39.3 Å². The molecule has 1 aliphatic rings. The first-order valence-electron chi connectivity index (χ1n) is 13.1. The van der Waals surface area contributed by atoms with E-state index in [2.05, 4.69) is 47.5 Å². The third-order valence-corrected chi connectivity index (χ3v) is 7.23. The summed E-state index contributed by atoms with van der Waals surface area (Å²) in [4.78, 5) is 32.2. The minimum Gasteiger partial charge on any atom is -0.356 e. The van der Waals surface area contributed by atoms with Crippen LogP contribution >= 0.6 is 0 Å². The van der Waals surface area contributed by atoms with Crippen molar-refractivity contribution in [2.45, 2.75) is 19.3 Å². The first kappa shape index (κ1) is 23.1. The highest BCUT2D eigenvalue weighted by atomic mass is 16.1. The number of rotatable bonds is 5. The minimum atomic E-state index is -0.183. The van der Waals surface area contributed by atoms with Crippen LogP contribution in [0.1, 0.15) is 29.6 Å². The molecule has 1 aromatic carbocycles. The van der Waals surface area contributed by atoms with E-state index in [9.17, 15) is 4.79 Å². The van der Waals surface area contributed by atoms with Crippen LogP contribution in [0.2, 0.25) is 0 Å². The largest absolute Gasteiger partial charge is 0.356 e. The van der Waals surface area contributed by atoms with Gasteiger partial charge in [-0.1, -0.05) is 18.2 Å². The number of benzene rings is 1. The molecule has 6 heterocycles. The fraction of sp³-hybridized carbons (Fsp3) is 0.167. The van der Waals surface area contributed by atoms with Gasteiger partial charge in [0, 0.05) is 59.1 Å². The van der Waals surface area contributed by atoms with Gasteiger partial charge in [0.05, 0.1) is 28.8 Å². The average Bonchev–Trinajstić information content (AvgIpc) is 3.62. The standard InChI is InChI=1S/C30H26N8O/c39-30(19-7-3-1-4-8-19)34-22-13-20(16-31-18-22)21-14-24-27(36-37-28(24)33-17-21)26-15-23-25(35-26)9-10-32-29(23)38-11-5-2-6-12-38/h1,3-4,7-10,13-18,35H,2,5-6,11-12H2,(H,34,39)(H,33,36,37). The van der Waals surface area contributed by atoms with Gasteiger partial charge in [0.15, 0.2) is 5.65 Å². The number of amides is 1. The Balaban J connectivity index is 1.22. The van der Waals surface area contributed by atoms with E-state index in [1.807, 2.05) is 36.5 Å². The normalized spacial score (nSPS) is 13.7. The second-order valence-electron chi connectivity index (χ2n) is 9.80. The molecule has 7 rings (SSSR count). The average molecular weight is 515 g/mol. The van der Waals surface area contributed by atoms with Crippen molar-refractivity contribution < 1.29 is 4.79 Å². The maximum atomic E-state index is 12.6. The highest BCUT2D eigenvalue weighted by Crippen LogP contribution is 2.34. The van der Waals surface area contributed by atoms with Gasteiger partial charge in [0.2, 0.25) is 0 Å². The molecule has 0 radical (unpaired) electrons. The van der Waals surface area contributed by atoms with Crippen LogP contribution in [0.5, 0.6) is 0 Å². The minimum absolute atomic E-state index is 0.183. The highest BCUT2D eigenvalue weighted by molar-refractivity contribution is 6.04. The van der Waals surface area contributed by atoms with Crippen molar-refractivity contribution in [2.24, 2.45) is 0 Å². The molecule has 1 saturated heterocycles. The van der Waals surface area contributed by atoms with Crippen molar-refractivity contribution in [3.8, 4) is 22.5 Å². The predicted octanol–water partition coefficient (Wildman–Crippen LogP) is 5.81. The fourth-order valence-electron chi connectivity index (χ4n) is 5.25. The topological polar surface area (TPSA) is 115 Å². The lowest BCUT2D eigenvalue weighted by molar-refractivity contribution is 0.102. The summed E-state index contributed by atoms with van der Waals surface area (Å²) in [5.41, 5.74) is 6.38. The molecule has 0 saturated carbocycles. The van der Waals surface area contributed by atoms with Gasteiger partial charge in [-0.2, -0.15) is 5.10 Å². The zero-order valence-corrected chi connectivity index (χ0v) is 21.2. The Morgan fingerprint density at radius 3 is 2.59 bits per heavy atom. The molecule has 1 amide bonds. The lowest BCUT2D eigenvalue weighted by atomic mass is 10.1. The molecule has 0 aliphatic carbocycles. The van der Waals surface area contributed by atoms with Crippen LogP contribution < -0.4 is 10.2 Å². The number of H-pyrrole nitrogens is 2. The molecule has 0 unspecified atom stereocenters. The van der Waals surface area contributed by atoms with E-state index in [1.165, 1.54) is 19.3 Å². The molecular formula is C30H26N8O. The lowest BCUT2D eigenvalue weighted by Gasteiger charge is -2.28. The smallest absolute Gasteiger partial charge is 0.255 e. The first-order chi connectivity index (χ1) is 19.2. The Bertz CT molecular complexity index is 1800. The van der Waals surface area contributed by atoms with E-state index in [4.69, 9.17) is 4.98 Å². The molecule has 0 atom stereocenters. The molecule has 1 aliphatic heterocycles. The van der Waals surface area contributed by atoms with Crippen LogP contribution in [-0.4, -0.2) is 49.1 Å². The first-order valence-corrected chi connectivity index (χ1v) is 13.1. The van der Waals surface area contributed by atoms with Gasteiger partial charge in [-0.3, -0.25) is 14.9 Å². The molecule has 5 aromatic heterocycles. The van der Waals surface area contributed by atoms with Crippen molar-refractivity contribution in [1.29, 1.82) is 0 Å². The van der Waals surface area contributed by atoms with Crippen LogP contribution in [0.3, 0.4) is 0 Å². The summed E-state index contributed by atoms with van der Waals surface area (Å²) < 4.78 is 0. The van der Waals surface area contributed by atoms with Gasteiger partial charge in [-0.15, -0.1) is 0 Å². The molecule has 6 aromatic rings. The van der Waals surface area contributed by atoms with E-state index in [0.29, 0.717) is 16.9 Å². The number of anilines is 2. The molecular weight excluding hydrogens is 488 g/mol. The van der Waals surface area contributed by atoms with Gasteiger partial charge in [-0.25, -0.2) is 9.97 Å². The summed E-state index contributed by atoms with van der Waals surface area (Å²) in [7, 11) is 0.